The summed E-state index contributed by atoms with van der Waals surface area (Å²) in [5.74, 6) is -1.95. The molecule has 0 unspecified atom stereocenters. The van der Waals surface area contributed by atoms with Gasteiger partial charge in [-0.1, -0.05) is 12.1 Å². The highest BCUT2D eigenvalue weighted by Crippen LogP contribution is 2.08. The molecule has 0 aromatic heterocycles. The second-order valence-electron chi connectivity index (χ2n) is 3.92. The molecule has 0 aliphatic heterocycles. The van der Waals surface area contributed by atoms with Crippen molar-refractivity contribution in [2.24, 2.45) is 5.73 Å². The number of likely N-dealkylation sites (N-methyl/N-ethyl adjacent to an activating group) is 1. The Bertz CT molecular complexity index is 520. The molecule has 0 aliphatic carbocycles. The van der Waals surface area contributed by atoms with Crippen LogP contribution in [0.4, 0.5) is 0 Å². The second kappa shape index (κ2) is 6.34. The van der Waals surface area contributed by atoms with Gasteiger partial charge in [-0.3, -0.25) is 9.59 Å². The Kier molecular flexibility index (Phi) is 4.82. The maximum absolute atomic E-state index is 11.9. The molecular formula is C13H14N2O4. The molecule has 0 bridgehead atoms. The number of rotatable bonds is 5. The fourth-order valence-electron chi connectivity index (χ4n) is 1.43. The monoisotopic (exact) mass is 262 g/mol. The summed E-state index contributed by atoms with van der Waals surface area (Å²) >= 11 is 0. The van der Waals surface area contributed by atoms with Gasteiger partial charge in [0.1, 0.15) is 0 Å². The van der Waals surface area contributed by atoms with Crippen molar-refractivity contribution in [3.05, 3.63) is 41.5 Å². The number of carboxylic acids is 1. The molecule has 6 nitrogen and oxygen atoms in total. The summed E-state index contributed by atoms with van der Waals surface area (Å²) in [6, 6.07) is 6.35. The van der Waals surface area contributed by atoms with Crippen LogP contribution in [0, 0.1) is 0 Å². The molecule has 0 fully saturated rings. The molecular weight excluding hydrogens is 248 g/mol. The maximum Gasteiger partial charge on any atom is 0.328 e. The number of benzene rings is 1. The first-order valence-corrected chi connectivity index (χ1v) is 5.45. The van der Waals surface area contributed by atoms with Gasteiger partial charge in [-0.05, 0) is 23.8 Å². The third-order valence-corrected chi connectivity index (χ3v) is 2.32. The van der Waals surface area contributed by atoms with E-state index in [-0.39, 0.29) is 12.5 Å². The van der Waals surface area contributed by atoms with Gasteiger partial charge < -0.3 is 15.7 Å². The number of carboxylic acid groups (broad SMARTS) is 1. The van der Waals surface area contributed by atoms with Gasteiger partial charge in [-0.25, -0.2) is 4.79 Å². The predicted octanol–water partition coefficient (Wildman–Crippen LogP) is 0.342. The molecule has 1 rings (SSSR count). The van der Waals surface area contributed by atoms with Gasteiger partial charge >= 0.3 is 5.97 Å². The number of carbonyl (C=O) groups is 3. The Balaban J connectivity index is 2.78. The topological polar surface area (TPSA) is 101 Å². The van der Waals surface area contributed by atoms with E-state index in [1.807, 2.05) is 0 Å². The van der Waals surface area contributed by atoms with Crippen LogP contribution in [0.15, 0.2) is 30.3 Å². The summed E-state index contributed by atoms with van der Waals surface area (Å²) in [6.07, 6.45) is 2.43. The zero-order valence-electron chi connectivity index (χ0n) is 10.4. The van der Waals surface area contributed by atoms with Crippen LogP contribution in [0.2, 0.25) is 0 Å². The van der Waals surface area contributed by atoms with Crippen LogP contribution in [-0.2, 0) is 9.59 Å². The van der Waals surface area contributed by atoms with E-state index >= 15 is 0 Å². The lowest BCUT2D eigenvalue weighted by atomic mass is 10.1. The first-order chi connectivity index (χ1) is 8.90. The Morgan fingerprint density at radius 3 is 2.32 bits per heavy atom. The van der Waals surface area contributed by atoms with E-state index in [0.29, 0.717) is 11.1 Å². The van der Waals surface area contributed by atoms with Gasteiger partial charge in [0.25, 0.3) is 5.91 Å². The van der Waals surface area contributed by atoms with Crippen molar-refractivity contribution in [2.45, 2.75) is 0 Å². The van der Waals surface area contributed by atoms with Crippen molar-refractivity contribution in [3.63, 3.8) is 0 Å². The fraction of sp³-hybridized carbons (Fsp3) is 0.154. The van der Waals surface area contributed by atoms with Crippen molar-refractivity contribution in [1.29, 1.82) is 0 Å². The Morgan fingerprint density at radius 2 is 1.84 bits per heavy atom. The lowest BCUT2D eigenvalue weighted by Gasteiger charge is -2.14. The molecule has 0 heterocycles. The van der Waals surface area contributed by atoms with Crippen molar-refractivity contribution < 1.29 is 19.5 Å². The van der Waals surface area contributed by atoms with E-state index in [1.165, 1.54) is 18.0 Å². The molecule has 6 heteroatoms. The van der Waals surface area contributed by atoms with E-state index in [9.17, 15) is 14.4 Å². The number of aliphatic carboxylic acids is 1. The maximum atomic E-state index is 11.9. The molecule has 0 atom stereocenters. The van der Waals surface area contributed by atoms with Gasteiger partial charge in [0, 0.05) is 18.7 Å². The summed E-state index contributed by atoms with van der Waals surface area (Å²) < 4.78 is 0. The highest BCUT2D eigenvalue weighted by Gasteiger charge is 2.12. The summed E-state index contributed by atoms with van der Waals surface area (Å²) in [4.78, 5) is 34.1. The van der Waals surface area contributed by atoms with Gasteiger partial charge in [0.2, 0.25) is 5.91 Å². The summed E-state index contributed by atoms with van der Waals surface area (Å²) in [6.45, 7) is -0.153. The lowest BCUT2D eigenvalue weighted by Crippen LogP contribution is -2.35. The minimum atomic E-state index is -1.04. The van der Waals surface area contributed by atoms with Crippen LogP contribution in [0.1, 0.15) is 15.9 Å². The van der Waals surface area contributed by atoms with Crippen molar-refractivity contribution in [2.75, 3.05) is 13.6 Å². The largest absolute Gasteiger partial charge is 0.478 e. The van der Waals surface area contributed by atoms with E-state index < -0.39 is 11.9 Å². The third kappa shape index (κ3) is 4.63. The molecule has 100 valence electrons. The predicted molar refractivity (Wildman–Crippen MR) is 69.3 cm³/mol. The second-order valence-corrected chi connectivity index (χ2v) is 3.92. The van der Waals surface area contributed by atoms with Gasteiger partial charge in [-0.2, -0.15) is 0 Å². The third-order valence-electron chi connectivity index (χ3n) is 2.32. The smallest absolute Gasteiger partial charge is 0.328 e. The van der Waals surface area contributed by atoms with Gasteiger partial charge in [0.15, 0.2) is 0 Å². The molecule has 1 aromatic carbocycles. The first-order valence-electron chi connectivity index (χ1n) is 5.45. The van der Waals surface area contributed by atoms with Crippen molar-refractivity contribution in [3.8, 4) is 0 Å². The molecule has 3 N–H and O–H groups in total. The zero-order valence-corrected chi connectivity index (χ0v) is 10.4. The normalized spacial score (nSPS) is 10.4. The standard InChI is InChI=1S/C13H14N2O4/c1-15(8-11(14)16)13(19)10-5-2-9(3-6-10)4-7-12(17)18/h2-7H,8H2,1H3,(H2,14,16)(H,17,18). The van der Waals surface area contributed by atoms with Crippen LogP contribution < -0.4 is 5.73 Å². The average molecular weight is 262 g/mol. The highest BCUT2D eigenvalue weighted by atomic mass is 16.4. The number of carbonyl (C=O) groups excluding carboxylic acids is 2. The van der Waals surface area contributed by atoms with E-state index in [1.54, 1.807) is 24.3 Å². The quantitative estimate of drug-likeness (QED) is 0.747. The summed E-state index contributed by atoms with van der Waals surface area (Å²) in [5, 5.41) is 8.48. The Labute approximate surface area is 110 Å². The first kappa shape index (κ1) is 14.4. The SMILES string of the molecule is CN(CC(N)=O)C(=O)c1ccc(C=CC(=O)O)cc1. The molecule has 0 saturated heterocycles. The molecule has 2 amide bonds. The van der Waals surface area contributed by atoms with E-state index in [2.05, 4.69) is 0 Å². The average Bonchev–Trinajstić information content (AvgIpc) is 2.35. The molecule has 0 saturated carbocycles. The van der Waals surface area contributed by atoms with Crippen molar-refractivity contribution >= 4 is 23.9 Å². The molecule has 19 heavy (non-hydrogen) atoms. The molecule has 0 spiro atoms. The van der Waals surface area contributed by atoms with Crippen molar-refractivity contribution in [1.82, 2.24) is 4.90 Å². The minimum Gasteiger partial charge on any atom is -0.478 e. The van der Waals surface area contributed by atoms with Crippen LogP contribution in [0.5, 0.6) is 0 Å². The summed E-state index contributed by atoms with van der Waals surface area (Å²) in [7, 11) is 1.48. The van der Waals surface area contributed by atoms with Crippen LogP contribution in [-0.4, -0.2) is 41.4 Å². The van der Waals surface area contributed by atoms with E-state index in [4.69, 9.17) is 10.8 Å². The van der Waals surface area contributed by atoms with Crippen LogP contribution in [0.3, 0.4) is 0 Å². The summed E-state index contributed by atoms with van der Waals surface area (Å²) in [5.41, 5.74) is 6.07. The number of primary amides is 1. The number of nitrogens with two attached hydrogens (primary N) is 1. The van der Waals surface area contributed by atoms with Crippen LogP contribution >= 0.6 is 0 Å². The highest BCUT2D eigenvalue weighted by molar-refractivity contribution is 5.96. The number of hydrogen-bond donors (Lipinski definition) is 2. The Hall–Kier alpha value is -2.63. The van der Waals surface area contributed by atoms with Crippen LogP contribution in [0.25, 0.3) is 6.08 Å². The zero-order chi connectivity index (χ0) is 14.4. The fourth-order valence-corrected chi connectivity index (χ4v) is 1.43. The van der Waals surface area contributed by atoms with Gasteiger partial charge in [-0.15, -0.1) is 0 Å². The Morgan fingerprint density at radius 1 is 1.26 bits per heavy atom. The lowest BCUT2D eigenvalue weighted by molar-refractivity contribution is -0.131. The number of hydrogen-bond acceptors (Lipinski definition) is 3. The van der Waals surface area contributed by atoms with Gasteiger partial charge in [0.05, 0.1) is 6.54 Å². The number of nitrogens with zero attached hydrogens (tertiary/aromatic N) is 1. The molecule has 0 aliphatic rings. The molecule has 0 radical (unpaired) electrons. The molecule has 1 aromatic rings. The van der Waals surface area contributed by atoms with E-state index in [0.717, 1.165) is 6.08 Å². The number of amides is 2. The minimum absolute atomic E-state index is 0.153.